The molecular formula is C15H21NO3. The van der Waals surface area contributed by atoms with Gasteiger partial charge in [-0.3, -0.25) is 4.79 Å². The number of nitrogens with zero attached hydrogens (tertiary/aromatic N) is 1. The molecule has 1 aliphatic heterocycles. The molecule has 0 unspecified atom stereocenters. The Morgan fingerprint density at radius 3 is 2.68 bits per heavy atom. The van der Waals surface area contributed by atoms with Crippen LogP contribution in [-0.4, -0.2) is 42.2 Å². The number of piperidine rings is 1. The number of aliphatic hydroxyl groups excluding tert-OH is 1. The molecule has 0 aliphatic carbocycles. The molecule has 0 radical (unpaired) electrons. The average molecular weight is 263 g/mol. The predicted molar refractivity (Wildman–Crippen MR) is 73.1 cm³/mol. The van der Waals surface area contributed by atoms with Crippen molar-refractivity contribution in [2.45, 2.75) is 19.8 Å². The van der Waals surface area contributed by atoms with E-state index in [1.54, 1.807) is 0 Å². The fourth-order valence-corrected chi connectivity index (χ4v) is 2.31. The summed E-state index contributed by atoms with van der Waals surface area (Å²) in [5.74, 6) is 1.14. The van der Waals surface area contributed by atoms with Gasteiger partial charge >= 0.3 is 0 Å². The van der Waals surface area contributed by atoms with Crippen molar-refractivity contribution in [1.82, 2.24) is 4.90 Å². The Labute approximate surface area is 114 Å². The molecule has 4 nitrogen and oxygen atoms in total. The van der Waals surface area contributed by atoms with Crippen LogP contribution < -0.4 is 4.74 Å². The first-order chi connectivity index (χ1) is 9.20. The molecule has 2 rings (SSSR count). The molecular weight excluding hydrogens is 242 g/mol. The summed E-state index contributed by atoms with van der Waals surface area (Å²) in [4.78, 5) is 13.8. The third-order valence-corrected chi connectivity index (χ3v) is 3.67. The lowest BCUT2D eigenvalue weighted by Crippen LogP contribution is -2.41. The van der Waals surface area contributed by atoms with Crippen LogP contribution in [0.2, 0.25) is 0 Å². The van der Waals surface area contributed by atoms with E-state index in [9.17, 15) is 4.79 Å². The molecule has 1 aromatic carbocycles. The van der Waals surface area contributed by atoms with Crippen molar-refractivity contribution in [3.05, 3.63) is 29.8 Å². The van der Waals surface area contributed by atoms with Crippen LogP contribution in [0, 0.1) is 12.8 Å². The highest BCUT2D eigenvalue weighted by molar-refractivity contribution is 5.77. The number of carbonyl (C=O) groups is 1. The SMILES string of the molecule is Cc1ccccc1OCC(=O)N1CCC(CO)CC1. The van der Waals surface area contributed by atoms with E-state index in [2.05, 4.69) is 0 Å². The molecule has 19 heavy (non-hydrogen) atoms. The van der Waals surface area contributed by atoms with Gasteiger partial charge in [0.15, 0.2) is 6.61 Å². The van der Waals surface area contributed by atoms with E-state index < -0.39 is 0 Å². The fraction of sp³-hybridized carbons (Fsp3) is 0.533. The molecule has 0 spiro atoms. The molecule has 0 atom stereocenters. The van der Waals surface area contributed by atoms with Gasteiger partial charge in [-0.2, -0.15) is 0 Å². The first-order valence-corrected chi connectivity index (χ1v) is 6.77. The molecule has 1 heterocycles. The summed E-state index contributed by atoms with van der Waals surface area (Å²) in [5, 5.41) is 9.07. The second-order valence-corrected chi connectivity index (χ2v) is 5.06. The molecule has 1 aliphatic rings. The highest BCUT2D eigenvalue weighted by Gasteiger charge is 2.22. The number of hydrogen-bond donors (Lipinski definition) is 1. The van der Waals surface area contributed by atoms with E-state index in [0.717, 1.165) is 37.2 Å². The summed E-state index contributed by atoms with van der Waals surface area (Å²) in [6.45, 7) is 3.73. The molecule has 0 aromatic heterocycles. The van der Waals surface area contributed by atoms with Gasteiger partial charge in [-0.25, -0.2) is 0 Å². The number of benzene rings is 1. The number of rotatable bonds is 4. The number of aryl methyl sites for hydroxylation is 1. The Bertz CT molecular complexity index is 425. The molecule has 0 saturated carbocycles. The second kappa shape index (κ2) is 6.57. The molecule has 1 N–H and O–H groups in total. The lowest BCUT2D eigenvalue weighted by atomic mass is 9.98. The zero-order valence-corrected chi connectivity index (χ0v) is 11.3. The third kappa shape index (κ3) is 3.70. The first-order valence-electron chi connectivity index (χ1n) is 6.77. The van der Waals surface area contributed by atoms with Crippen molar-refractivity contribution in [3.8, 4) is 5.75 Å². The Hall–Kier alpha value is -1.55. The minimum Gasteiger partial charge on any atom is -0.484 e. The van der Waals surface area contributed by atoms with Crippen LogP contribution in [0.3, 0.4) is 0 Å². The number of carbonyl (C=O) groups excluding carboxylic acids is 1. The highest BCUT2D eigenvalue weighted by atomic mass is 16.5. The van der Waals surface area contributed by atoms with Crippen molar-refractivity contribution in [2.75, 3.05) is 26.3 Å². The summed E-state index contributed by atoms with van der Waals surface area (Å²) in [6.07, 6.45) is 1.76. The van der Waals surface area contributed by atoms with E-state index in [0.29, 0.717) is 5.92 Å². The van der Waals surface area contributed by atoms with Crippen LogP contribution in [0.1, 0.15) is 18.4 Å². The lowest BCUT2D eigenvalue weighted by molar-refractivity contribution is -0.134. The quantitative estimate of drug-likeness (QED) is 0.897. The maximum Gasteiger partial charge on any atom is 0.260 e. The normalized spacial score (nSPS) is 16.4. The molecule has 104 valence electrons. The Morgan fingerprint density at radius 2 is 2.05 bits per heavy atom. The second-order valence-electron chi connectivity index (χ2n) is 5.06. The van der Waals surface area contributed by atoms with Crippen molar-refractivity contribution < 1.29 is 14.6 Å². The number of amides is 1. The first kappa shape index (κ1) is 13.9. The average Bonchev–Trinajstić information content (AvgIpc) is 2.46. The minimum atomic E-state index is 0.0274. The van der Waals surface area contributed by atoms with Crippen molar-refractivity contribution in [2.24, 2.45) is 5.92 Å². The number of ether oxygens (including phenoxy) is 1. The van der Waals surface area contributed by atoms with E-state index in [1.165, 1.54) is 0 Å². The smallest absolute Gasteiger partial charge is 0.260 e. The van der Waals surface area contributed by atoms with Gasteiger partial charge in [-0.1, -0.05) is 18.2 Å². The largest absolute Gasteiger partial charge is 0.484 e. The molecule has 1 amide bonds. The third-order valence-electron chi connectivity index (χ3n) is 3.67. The van der Waals surface area contributed by atoms with Gasteiger partial charge in [0.25, 0.3) is 5.91 Å². The Morgan fingerprint density at radius 1 is 1.37 bits per heavy atom. The Kier molecular flexibility index (Phi) is 4.80. The van der Waals surface area contributed by atoms with Crippen LogP contribution in [0.15, 0.2) is 24.3 Å². The molecule has 1 saturated heterocycles. The standard InChI is InChI=1S/C15H21NO3/c1-12-4-2-3-5-14(12)19-11-15(18)16-8-6-13(10-17)7-9-16/h2-5,13,17H,6-11H2,1H3. The van der Waals surface area contributed by atoms with Crippen LogP contribution in [0.25, 0.3) is 0 Å². The van der Waals surface area contributed by atoms with Crippen molar-refractivity contribution >= 4 is 5.91 Å². The predicted octanol–water partition coefficient (Wildman–Crippen LogP) is 1.60. The van der Waals surface area contributed by atoms with Crippen LogP contribution >= 0.6 is 0 Å². The van der Waals surface area contributed by atoms with Crippen LogP contribution in [0.4, 0.5) is 0 Å². The van der Waals surface area contributed by atoms with Gasteiger partial charge < -0.3 is 14.7 Å². The van der Waals surface area contributed by atoms with Crippen LogP contribution in [-0.2, 0) is 4.79 Å². The van der Waals surface area contributed by atoms with E-state index in [4.69, 9.17) is 9.84 Å². The number of hydrogen-bond acceptors (Lipinski definition) is 3. The van der Waals surface area contributed by atoms with E-state index in [1.807, 2.05) is 36.1 Å². The monoisotopic (exact) mass is 263 g/mol. The van der Waals surface area contributed by atoms with E-state index in [-0.39, 0.29) is 19.1 Å². The number of likely N-dealkylation sites (tertiary alicyclic amines) is 1. The molecule has 0 bridgehead atoms. The summed E-state index contributed by atoms with van der Waals surface area (Å²) >= 11 is 0. The topological polar surface area (TPSA) is 49.8 Å². The lowest BCUT2D eigenvalue weighted by Gasteiger charge is -2.31. The highest BCUT2D eigenvalue weighted by Crippen LogP contribution is 2.18. The zero-order chi connectivity index (χ0) is 13.7. The zero-order valence-electron chi connectivity index (χ0n) is 11.3. The fourth-order valence-electron chi connectivity index (χ4n) is 2.31. The summed E-state index contributed by atoms with van der Waals surface area (Å²) < 4.78 is 5.56. The van der Waals surface area contributed by atoms with Crippen LogP contribution in [0.5, 0.6) is 5.75 Å². The summed E-state index contributed by atoms with van der Waals surface area (Å²) in [5.41, 5.74) is 1.04. The maximum absolute atomic E-state index is 12.0. The molecule has 4 heteroatoms. The van der Waals surface area contributed by atoms with Gasteiger partial charge in [-0.05, 0) is 37.3 Å². The number of aliphatic hydroxyl groups is 1. The summed E-state index contributed by atoms with van der Waals surface area (Å²) in [7, 11) is 0. The van der Waals surface area contributed by atoms with Gasteiger partial charge in [0, 0.05) is 19.7 Å². The maximum atomic E-state index is 12.0. The van der Waals surface area contributed by atoms with Gasteiger partial charge in [0.1, 0.15) is 5.75 Å². The summed E-state index contributed by atoms with van der Waals surface area (Å²) in [6, 6.07) is 7.69. The van der Waals surface area contributed by atoms with Gasteiger partial charge in [-0.15, -0.1) is 0 Å². The van der Waals surface area contributed by atoms with Gasteiger partial charge in [0.05, 0.1) is 0 Å². The van der Waals surface area contributed by atoms with Crippen molar-refractivity contribution in [1.29, 1.82) is 0 Å². The molecule has 1 aromatic rings. The Balaban J connectivity index is 1.81. The minimum absolute atomic E-state index is 0.0274. The van der Waals surface area contributed by atoms with Gasteiger partial charge in [0.2, 0.25) is 0 Å². The molecule has 1 fully saturated rings. The number of para-hydroxylation sites is 1. The van der Waals surface area contributed by atoms with Crippen molar-refractivity contribution in [3.63, 3.8) is 0 Å². The van der Waals surface area contributed by atoms with E-state index >= 15 is 0 Å².